The van der Waals surface area contributed by atoms with E-state index in [0.29, 0.717) is 16.3 Å². The van der Waals surface area contributed by atoms with Crippen LogP contribution in [-0.2, 0) is 4.79 Å². The standard InChI is InChI=1S/C12H14ClN3O/c1-12(2,15)6-11(17)16-9-4-3-8(7-14)10(13)5-9/h3-5H,6,15H2,1-2H3,(H,16,17). The molecule has 0 radical (unpaired) electrons. The van der Waals surface area contributed by atoms with Gasteiger partial charge in [0.25, 0.3) is 0 Å². The molecule has 0 unspecified atom stereocenters. The van der Waals surface area contributed by atoms with E-state index in [2.05, 4.69) is 5.32 Å². The molecule has 0 aromatic heterocycles. The zero-order valence-electron chi connectivity index (χ0n) is 9.75. The highest BCUT2D eigenvalue weighted by Crippen LogP contribution is 2.20. The monoisotopic (exact) mass is 251 g/mol. The van der Waals surface area contributed by atoms with Gasteiger partial charge in [0.1, 0.15) is 6.07 Å². The highest BCUT2D eigenvalue weighted by atomic mass is 35.5. The van der Waals surface area contributed by atoms with Crippen LogP contribution in [0.4, 0.5) is 5.69 Å². The topological polar surface area (TPSA) is 78.9 Å². The van der Waals surface area contributed by atoms with Crippen LogP contribution in [0.25, 0.3) is 0 Å². The lowest BCUT2D eigenvalue weighted by molar-refractivity contribution is -0.117. The van der Waals surface area contributed by atoms with Crippen molar-refractivity contribution in [3.63, 3.8) is 0 Å². The Morgan fingerprint density at radius 1 is 1.59 bits per heavy atom. The van der Waals surface area contributed by atoms with Gasteiger partial charge in [0.2, 0.25) is 5.91 Å². The first-order valence-corrected chi connectivity index (χ1v) is 5.48. The molecule has 0 aliphatic rings. The van der Waals surface area contributed by atoms with Crippen LogP contribution in [0.15, 0.2) is 18.2 Å². The summed E-state index contributed by atoms with van der Waals surface area (Å²) in [4.78, 5) is 11.6. The molecule has 0 fully saturated rings. The predicted molar refractivity (Wildman–Crippen MR) is 67.7 cm³/mol. The van der Waals surface area contributed by atoms with Crippen LogP contribution in [0, 0.1) is 11.3 Å². The molecule has 0 aliphatic heterocycles. The molecule has 1 amide bonds. The Kier molecular flexibility index (Phi) is 4.11. The maximum Gasteiger partial charge on any atom is 0.226 e. The molecular weight excluding hydrogens is 238 g/mol. The van der Waals surface area contributed by atoms with Gasteiger partial charge < -0.3 is 11.1 Å². The number of benzene rings is 1. The molecule has 1 rings (SSSR count). The first kappa shape index (κ1) is 13.5. The van der Waals surface area contributed by atoms with Gasteiger partial charge in [-0.2, -0.15) is 5.26 Å². The summed E-state index contributed by atoms with van der Waals surface area (Å²) in [5.41, 5.74) is 6.12. The van der Waals surface area contributed by atoms with E-state index in [0.717, 1.165) is 0 Å². The summed E-state index contributed by atoms with van der Waals surface area (Å²) >= 11 is 5.85. The molecule has 0 spiro atoms. The Morgan fingerprint density at radius 3 is 2.71 bits per heavy atom. The van der Waals surface area contributed by atoms with E-state index in [9.17, 15) is 4.79 Å². The van der Waals surface area contributed by atoms with Gasteiger partial charge in [-0.1, -0.05) is 11.6 Å². The third-order valence-corrected chi connectivity index (χ3v) is 2.30. The molecule has 1 aromatic carbocycles. The molecule has 3 N–H and O–H groups in total. The smallest absolute Gasteiger partial charge is 0.226 e. The van der Waals surface area contributed by atoms with Gasteiger partial charge in [-0.3, -0.25) is 4.79 Å². The fourth-order valence-electron chi connectivity index (χ4n) is 1.30. The number of carbonyl (C=O) groups excluding carboxylic acids is 1. The van der Waals surface area contributed by atoms with Crippen LogP contribution in [0.3, 0.4) is 0 Å². The molecule has 0 aliphatic carbocycles. The number of nitriles is 1. The maximum absolute atomic E-state index is 11.6. The zero-order chi connectivity index (χ0) is 13.1. The fraction of sp³-hybridized carbons (Fsp3) is 0.333. The summed E-state index contributed by atoms with van der Waals surface area (Å²) < 4.78 is 0. The molecule has 0 atom stereocenters. The summed E-state index contributed by atoms with van der Waals surface area (Å²) in [5, 5.41) is 11.7. The molecule has 5 heteroatoms. The lowest BCUT2D eigenvalue weighted by Gasteiger charge is -2.17. The van der Waals surface area contributed by atoms with Crippen molar-refractivity contribution >= 4 is 23.2 Å². The average Bonchev–Trinajstić information content (AvgIpc) is 2.14. The molecule has 0 saturated heterocycles. The molecule has 17 heavy (non-hydrogen) atoms. The first-order valence-electron chi connectivity index (χ1n) is 5.10. The third kappa shape index (κ3) is 4.43. The minimum absolute atomic E-state index is 0.182. The Balaban J connectivity index is 2.74. The van der Waals surface area contributed by atoms with E-state index >= 15 is 0 Å². The average molecular weight is 252 g/mol. The van der Waals surface area contributed by atoms with E-state index in [1.54, 1.807) is 32.0 Å². The number of nitrogens with zero attached hydrogens (tertiary/aromatic N) is 1. The second-order valence-corrected chi connectivity index (χ2v) is 4.93. The quantitative estimate of drug-likeness (QED) is 0.865. The van der Waals surface area contributed by atoms with Crippen molar-refractivity contribution in [2.24, 2.45) is 5.73 Å². The summed E-state index contributed by atoms with van der Waals surface area (Å²) in [6, 6.07) is 6.68. The van der Waals surface area contributed by atoms with Crippen LogP contribution in [0.2, 0.25) is 5.02 Å². The number of carbonyl (C=O) groups is 1. The van der Waals surface area contributed by atoms with Crippen molar-refractivity contribution < 1.29 is 4.79 Å². The molecule has 90 valence electrons. The van der Waals surface area contributed by atoms with Crippen molar-refractivity contribution in [3.05, 3.63) is 28.8 Å². The van der Waals surface area contributed by atoms with Crippen molar-refractivity contribution in [2.75, 3.05) is 5.32 Å². The number of hydrogen-bond donors (Lipinski definition) is 2. The van der Waals surface area contributed by atoms with Crippen molar-refractivity contribution in [1.82, 2.24) is 0 Å². The predicted octanol–water partition coefficient (Wildman–Crippen LogP) is 2.28. The summed E-state index contributed by atoms with van der Waals surface area (Å²) in [7, 11) is 0. The number of nitrogens with one attached hydrogen (secondary N) is 1. The molecule has 0 heterocycles. The number of rotatable bonds is 3. The lowest BCUT2D eigenvalue weighted by Crippen LogP contribution is -2.36. The lowest BCUT2D eigenvalue weighted by atomic mass is 10.0. The molecular formula is C12H14ClN3O. The number of amides is 1. The first-order chi connectivity index (χ1) is 7.81. The van der Waals surface area contributed by atoms with Gasteiger partial charge in [0.15, 0.2) is 0 Å². The molecule has 4 nitrogen and oxygen atoms in total. The van der Waals surface area contributed by atoms with Crippen LogP contribution < -0.4 is 11.1 Å². The van der Waals surface area contributed by atoms with E-state index in [-0.39, 0.29) is 12.3 Å². The Labute approximate surface area is 105 Å². The van der Waals surface area contributed by atoms with Crippen LogP contribution >= 0.6 is 11.6 Å². The fourth-order valence-corrected chi connectivity index (χ4v) is 1.53. The minimum atomic E-state index is -0.555. The van der Waals surface area contributed by atoms with Gasteiger partial charge >= 0.3 is 0 Å². The zero-order valence-corrected chi connectivity index (χ0v) is 10.5. The molecule has 0 saturated carbocycles. The van der Waals surface area contributed by atoms with E-state index in [4.69, 9.17) is 22.6 Å². The Hall–Kier alpha value is -1.57. The van der Waals surface area contributed by atoms with Gasteiger partial charge in [0, 0.05) is 17.6 Å². The van der Waals surface area contributed by atoms with Gasteiger partial charge in [-0.25, -0.2) is 0 Å². The Bertz CT molecular complexity index is 472. The third-order valence-electron chi connectivity index (χ3n) is 1.99. The van der Waals surface area contributed by atoms with E-state index < -0.39 is 5.54 Å². The maximum atomic E-state index is 11.6. The second-order valence-electron chi connectivity index (χ2n) is 4.52. The number of nitrogens with two attached hydrogens (primary N) is 1. The highest BCUT2D eigenvalue weighted by molar-refractivity contribution is 6.32. The van der Waals surface area contributed by atoms with Crippen molar-refractivity contribution in [1.29, 1.82) is 5.26 Å². The van der Waals surface area contributed by atoms with E-state index in [1.165, 1.54) is 0 Å². The van der Waals surface area contributed by atoms with E-state index in [1.807, 2.05) is 6.07 Å². The van der Waals surface area contributed by atoms with Crippen LogP contribution in [-0.4, -0.2) is 11.4 Å². The molecule has 1 aromatic rings. The minimum Gasteiger partial charge on any atom is -0.326 e. The van der Waals surface area contributed by atoms with Crippen LogP contribution in [0.1, 0.15) is 25.8 Å². The van der Waals surface area contributed by atoms with Crippen molar-refractivity contribution in [3.8, 4) is 6.07 Å². The summed E-state index contributed by atoms with van der Waals surface area (Å²) in [5.74, 6) is -0.182. The SMILES string of the molecule is CC(C)(N)CC(=O)Nc1ccc(C#N)c(Cl)c1. The van der Waals surface area contributed by atoms with Crippen LogP contribution in [0.5, 0.6) is 0 Å². The number of halogens is 1. The van der Waals surface area contributed by atoms with Crippen molar-refractivity contribution in [2.45, 2.75) is 25.8 Å². The highest BCUT2D eigenvalue weighted by Gasteiger charge is 2.16. The number of anilines is 1. The normalized spacial score (nSPS) is 10.8. The summed E-state index contributed by atoms with van der Waals surface area (Å²) in [6.45, 7) is 3.55. The largest absolute Gasteiger partial charge is 0.326 e. The number of hydrogen-bond acceptors (Lipinski definition) is 3. The van der Waals surface area contributed by atoms with Gasteiger partial charge in [-0.15, -0.1) is 0 Å². The van der Waals surface area contributed by atoms with Gasteiger partial charge in [-0.05, 0) is 32.0 Å². The molecule has 0 bridgehead atoms. The summed E-state index contributed by atoms with van der Waals surface area (Å²) in [6.07, 6.45) is 0.213. The van der Waals surface area contributed by atoms with Gasteiger partial charge in [0.05, 0.1) is 10.6 Å². The second kappa shape index (κ2) is 5.17. The Morgan fingerprint density at radius 2 is 2.24 bits per heavy atom.